The molecule has 0 spiro atoms. The van der Waals surface area contributed by atoms with E-state index < -0.39 is 0 Å². The van der Waals surface area contributed by atoms with Crippen molar-refractivity contribution in [1.29, 1.82) is 0 Å². The van der Waals surface area contributed by atoms with E-state index in [-0.39, 0.29) is 5.91 Å². The molecule has 2 N–H and O–H groups in total. The Morgan fingerprint density at radius 2 is 2.29 bits per heavy atom. The first-order valence-electron chi connectivity index (χ1n) is 6.27. The number of hydrogen-bond donors (Lipinski definition) is 2. The first-order valence-corrected chi connectivity index (χ1v) is 6.27. The molecular formula is C14H20N2O. The van der Waals surface area contributed by atoms with E-state index >= 15 is 0 Å². The molecule has 3 heteroatoms. The predicted octanol–water partition coefficient (Wildman–Crippen LogP) is 1.26. The Labute approximate surface area is 103 Å². The van der Waals surface area contributed by atoms with Crippen molar-refractivity contribution in [2.24, 2.45) is 5.92 Å². The zero-order valence-electron chi connectivity index (χ0n) is 10.3. The molecule has 3 nitrogen and oxygen atoms in total. The molecule has 0 saturated carbocycles. The van der Waals surface area contributed by atoms with E-state index in [1.54, 1.807) is 0 Å². The molecule has 0 aliphatic carbocycles. The molecule has 17 heavy (non-hydrogen) atoms. The quantitative estimate of drug-likeness (QED) is 0.820. The summed E-state index contributed by atoms with van der Waals surface area (Å²) in [5.74, 6) is 0.738. The zero-order chi connectivity index (χ0) is 12.1. The monoisotopic (exact) mass is 232 g/mol. The second kappa shape index (κ2) is 5.82. The van der Waals surface area contributed by atoms with Crippen molar-refractivity contribution in [3.63, 3.8) is 0 Å². The van der Waals surface area contributed by atoms with Crippen LogP contribution in [0.4, 0.5) is 0 Å². The number of benzene rings is 1. The summed E-state index contributed by atoms with van der Waals surface area (Å²) in [7, 11) is 0. The second-order valence-electron chi connectivity index (χ2n) is 4.77. The highest BCUT2D eigenvalue weighted by Gasteiger charge is 2.15. The first kappa shape index (κ1) is 12.1. The lowest BCUT2D eigenvalue weighted by molar-refractivity contribution is -0.120. The zero-order valence-corrected chi connectivity index (χ0v) is 10.3. The summed E-state index contributed by atoms with van der Waals surface area (Å²) >= 11 is 0. The number of nitrogens with one attached hydrogen (secondary N) is 2. The Morgan fingerprint density at radius 3 is 3.00 bits per heavy atom. The van der Waals surface area contributed by atoms with Crippen molar-refractivity contribution >= 4 is 5.91 Å². The van der Waals surface area contributed by atoms with Gasteiger partial charge in [-0.1, -0.05) is 24.3 Å². The molecule has 1 fully saturated rings. The fourth-order valence-electron chi connectivity index (χ4n) is 2.19. The van der Waals surface area contributed by atoms with Gasteiger partial charge in [-0.15, -0.1) is 0 Å². The van der Waals surface area contributed by atoms with Gasteiger partial charge in [0.25, 0.3) is 0 Å². The number of rotatable bonds is 4. The fraction of sp³-hybridized carbons (Fsp3) is 0.500. The van der Waals surface area contributed by atoms with E-state index in [2.05, 4.69) is 10.6 Å². The highest BCUT2D eigenvalue weighted by atomic mass is 16.1. The number of carbonyl (C=O) groups is 1. The van der Waals surface area contributed by atoms with Crippen LogP contribution in [0.5, 0.6) is 0 Å². The largest absolute Gasteiger partial charge is 0.355 e. The highest BCUT2D eigenvalue weighted by molar-refractivity contribution is 5.78. The van der Waals surface area contributed by atoms with Gasteiger partial charge in [-0.25, -0.2) is 0 Å². The SMILES string of the molecule is Cc1ccccc1CC(=O)NCC1CCNC1. The van der Waals surface area contributed by atoms with Crippen molar-refractivity contribution in [3.05, 3.63) is 35.4 Å². The van der Waals surface area contributed by atoms with E-state index in [0.717, 1.165) is 25.2 Å². The van der Waals surface area contributed by atoms with Crippen molar-refractivity contribution in [2.75, 3.05) is 19.6 Å². The lowest BCUT2D eigenvalue weighted by Crippen LogP contribution is -2.31. The minimum Gasteiger partial charge on any atom is -0.355 e. The van der Waals surface area contributed by atoms with Gasteiger partial charge in [-0.05, 0) is 43.5 Å². The van der Waals surface area contributed by atoms with Gasteiger partial charge in [0.2, 0.25) is 5.91 Å². The van der Waals surface area contributed by atoms with E-state index in [0.29, 0.717) is 12.3 Å². The minimum absolute atomic E-state index is 0.131. The Kier molecular flexibility index (Phi) is 4.15. The maximum Gasteiger partial charge on any atom is 0.224 e. The second-order valence-corrected chi connectivity index (χ2v) is 4.77. The summed E-state index contributed by atoms with van der Waals surface area (Å²) < 4.78 is 0. The molecule has 1 amide bonds. The molecule has 1 aliphatic rings. The lowest BCUT2D eigenvalue weighted by Gasteiger charge is -2.10. The van der Waals surface area contributed by atoms with Gasteiger partial charge in [0.1, 0.15) is 0 Å². The fourth-order valence-corrected chi connectivity index (χ4v) is 2.19. The van der Waals surface area contributed by atoms with Crippen LogP contribution < -0.4 is 10.6 Å². The molecule has 92 valence electrons. The van der Waals surface area contributed by atoms with E-state index in [1.165, 1.54) is 12.0 Å². The maximum atomic E-state index is 11.8. The van der Waals surface area contributed by atoms with Crippen LogP contribution in [-0.4, -0.2) is 25.5 Å². The third-order valence-corrected chi connectivity index (χ3v) is 3.36. The molecule has 1 saturated heterocycles. The molecule has 1 atom stereocenters. The number of amides is 1. The molecule has 0 bridgehead atoms. The van der Waals surface area contributed by atoms with E-state index in [4.69, 9.17) is 0 Å². The van der Waals surface area contributed by atoms with Crippen molar-refractivity contribution in [2.45, 2.75) is 19.8 Å². The van der Waals surface area contributed by atoms with Crippen LogP contribution in [0.3, 0.4) is 0 Å². The normalized spacial score (nSPS) is 19.2. The van der Waals surface area contributed by atoms with Crippen LogP contribution >= 0.6 is 0 Å². The Balaban J connectivity index is 1.79. The molecule has 0 aromatic heterocycles. The summed E-state index contributed by atoms with van der Waals surface area (Å²) in [5.41, 5.74) is 2.31. The third-order valence-electron chi connectivity index (χ3n) is 3.36. The molecule has 1 aromatic carbocycles. The summed E-state index contributed by atoms with van der Waals surface area (Å²) in [4.78, 5) is 11.8. The van der Waals surface area contributed by atoms with Crippen LogP contribution in [0.15, 0.2) is 24.3 Å². The molecule has 2 rings (SSSR count). The Morgan fingerprint density at radius 1 is 1.47 bits per heavy atom. The van der Waals surface area contributed by atoms with Gasteiger partial charge in [-0.2, -0.15) is 0 Å². The van der Waals surface area contributed by atoms with Crippen molar-refractivity contribution in [3.8, 4) is 0 Å². The molecular weight excluding hydrogens is 212 g/mol. The number of hydrogen-bond acceptors (Lipinski definition) is 2. The van der Waals surface area contributed by atoms with Crippen LogP contribution in [0, 0.1) is 12.8 Å². The number of aryl methyl sites for hydroxylation is 1. The van der Waals surface area contributed by atoms with Crippen molar-refractivity contribution < 1.29 is 4.79 Å². The highest BCUT2D eigenvalue weighted by Crippen LogP contribution is 2.08. The first-order chi connectivity index (χ1) is 8.25. The number of carbonyl (C=O) groups excluding carboxylic acids is 1. The maximum absolute atomic E-state index is 11.8. The molecule has 1 heterocycles. The molecule has 0 radical (unpaired) electrons. The molecule has 1 aromatic rings. The van der Waals surface area contributed by atoms with E-state index in [1.807, 2.05) is 31.2 Å². The van der Waals surface area contributed by atoms with Gasteiger partial charge in [0, 0.05) is 6.54 Å². The van der Waals surface area contributed by atoms with E-state index in [9.17, 15) is 4.79 Å². The summed E-state index contributed by atoms with van der Waals surface area (Å²) in [6, 6.07) is 8.05. The van der Waals surface area contributed by atoms with Gasteiger partial charge in [-0.3, -0.25) is 4.79 Å². The van der Waals surface area contributed by atoms with Gasteiger partial charge >= 0.3 is 0 Å². The summed E-state index contributed by atoms with van der Waals surface area (Å²) in [5, 5.41) is 6.32. The average molecular weight is 232 g/mol. The average Bonchev–Trinajstić information content (AvgIpc) is 2.82. The smallest absolute Gasteiger partial charge is 0.224 e. The third kappa shape index (κ3) is 3.56. The Hall–Kier alpha value is -1.35. The topological polar surface area (TPSA) is 41.1 Å². The minimum atomic E-state index is 0.131. The van der Waals surface area contributed by atoms with Crippen LogP contribution in [0.25, 0.3) is 0 Å². The van der Waals surface area contributed by atoms with Gasteiger partial charge in [0.15, 0.2) is 0 Å². The summed E-state index contributed by atoms with van der Waals surface area (Å²) in [6.07, 6.45) is 1.66. The van der Waals surface area contributed by atoms with Crippen molar-refractivity contribution in [1.82, 2.24) is 10.6 Å². The van der Waals surface area contributed by atoms with Crippen LogP contribution in [-0.2, 0) is 11.2 Å². The van der Waals surface area contributed by atoms with Gasteiger partial charge < -0.3 is 10.6 Å². The molecule has 1 aliphatic heterocycles. The predicted molar refractivity (Wildman–Crippen MR) is 68.9 cm³/mol. The van der Waals surface area contributed by atoms with Crippen LogP contribution in [0.1, 0.15) is 17.5 Å². The van der Waals surface area contributed by atoms with Crippen LogP contribution in [0.2, 0.25) is 0 Å². The standard InChI is InChI=1S/C14H20N2O/c1-11-4-2-3-5-13(11)8-14(17)16-10-12-6-7-15-9-12/h2-5,12,15H,6-10H2,1H3,(H,16,17). The van der Waals surface area contributed by atoms with Gasteiger partial charge in [0.05, 0.1) is 6.42 Å². The Bertz CT molecular complexity index is 384. The summed E-state index contributed by atoms with van der Waals surface area (Å²) in [6.45, 7) is 4.96. The lowest BCUT2D eigenvalue weighted by atomic mass is 10.1. The molecule has 1 unspecified atom stereocenters.